The molecule has 0 aromatic heterocycles. The van der Waals surface area contributed by atoms with Crippen LogP contribution >= 0.6 is 0 Å². The standard InChI is InChI=1S/C15H32N2/c1-6-9-13(5)17-11-15(12(4)7-2)16-10-14(17)8-3/h12-16H,6-11H2,1-5H3. The van der Waals surface area contributed by atoms with E-state index in [9.17, 15) is 0 Å². The molecule has 0 aliphatic carbocycles. The van der Waals surface area contributed by atoms with Crippen LogP contribution in [0.3, 0.4) is 0 Å². The molecule has 1 rings (SSSR count). The zero-order valence-corrected chi connectivity index (χ0v) is 12.5. The summed E-state index contributed by atoms with van der Waals surface area (Å²) < 4.78 is 0. The predicted molar refractivity (Wildman–Crippen MR) is 76.4 cm³/mol. The van der Waals surface area contributed by atoms with E-state index in [0.717, 1.165) is 18.0 Å². The molecule has 1 N–H and O–H groups in total. The maximum Gasteiger partial charge on any atom is 0.0221 e. The van der Waals surface area contributed by atoms with Gasteiger partial charge in [-0.1, -0.05) is 40.5 Å². The molecule has 2 nitrogen and oxygen atoms in total. The first-order valence-electron chi connectivity index (χ1n) is 7.63. The summed E-state index contributed by atoms with van der Waals surface area (Å²) in [4.78, 5) is 2.76. The third kappa shape index (κ3) is 3.96. The number of nitrogens with zero attached hydrogens (tertiary/aromatic N) is 1. The Morgan fingerprint density at radius 1 is 1.24 bits per heavy atom. The van der Waals surface area contributed by atoms with Crippen LogP contribution in [0.2, 0.25) is 0 Å². The van der Waals surface area contributed by atoms with E-state index < -0.39 is 0 Å². The lowest BCUT2D eigenvalue weighted by atomic mass is 9.93. The second-order valence-corrected chi connectivity index (χ2v) is 5.80. The maximum atomic E-state index is 3.76. The van der Waals surface area contributed by atoms with Crippen molar-refractivity contribution >= 4 is 0 Å². The van der Waals surface area contributed by atoms with Crippen molar-refractivity contribution in [2.24, 2.45) is 5.92 Å². The van der Waals surface area contributed by atoms with Gasteiger partial charge in [0, 0.05) is 31.2 Å². The number of piperazine rings is 1. The van der Waals surface area contributed by atoms with Crippen LogP contribution in [0.15, 0.2) is 0 Å². The van der Waals surface area contributed by atoms with Gasteiger partial charge in [0.05, 0.1) is 0 Å². The summed E-state index contributed by atoms with van der Waals surface area (Å²) in [5, 5.41) is 3.76. The second-order valence-electron chi connectivity index (χ2n) is 5.80. The summed E-state index contributed by atoms with van der Waals surface area (Å²) in [5.41, 5.74) is 0. The van der Waals surface area contributed by atoms with E-state index in [4.69, 9.17) is 0 Å². The highest BCUT2D eigenvalue weighted by molar-refractivity contribution is 4.89. The molecular formula is C15H32N2. The second kappa shape index (κ2) is 7.38. The topological polar surface area (TPSA) is 15.3 Å². The van der Waals surface area contributed by atoms with E-state index in [2.05, 4.69) is 44.8 Å². The molecular weight excluding hydrogens is 208 g/mol. The average Bonchev–Trinajstić information content (AvgIpc) is 2.37. The van der Waals surface area contributed by atoms with Gasteiger partial charge in [0.25, 0.3) is 0 Å². The number of rotatable bonds is 6. The van der Waals surface area contributed by atoms with E-state index in [0.29, 0.717) is 6.04 Å². The zero-order valence-electron chi connectivity index (χ0n) is 12.5. The van der Waals surface area contributed by atoms with Gasteiger partial charge in [-0.15, -0.1) is 0 Å². The fourth-order valence-corrected chi connectivity index (χ4v) is 3.01. The summed E-state index contributed by atoms with van der Waals surface area (Å²) in [6, 6.07) is 2.19. The quantitative estimate of drug-likeness (QED) is 0.766. The Morgan fingerprint density at radius 3 is 2.47 bits per heavy atom. The average molecular weight is 240 g/mol. The van der Waals surface area contributed by atoms with Crippen molar-refractivity contribution < 1.29 is 0 Å². The highest BCUT2D eigenvalue weighted by atomic mass is 15.3. The Labute approximate surface area is 108 Å². The molecule has 1 aliphatic rings. The minimum absolute atomic E-state index is 0.696. The first kappa shape index (κ1) is 15.0. The van der Waals surface area contributed by atoms with Crippen LogP contribution in [-0.2, 0) is 0 Å². The van der Waals surface area contributed by atoms with Crippen LogP contribution in [0.25, 0.3) is 0 Å². The van der Waals surface area contributed by atoms with Crippen LogP contribution in [0.4, 0.5) is 0 Å². The highest BCUT2D eigenvalue weighted by Gasteiger charge is 2.31. The molecule has 0 spiro atoms. The van der Waals surface area contributed by atoms with Crippen molar-refractivity contribution in [1.82, 2.24) is 10.2 Å². The third-order valence-corrected chi connectivity index (χ3v) is 4.57. The van der Waals surface area contributed by atoms with Crippen molar-refractivity contribution in [2.75, 3.05) is 13.1 Å². The molecule has 0 amide bonds. The summed E-state index contributed by atoms with van der Waals surface area (Å²) in [5.74, 6) is 0.795. The van der Waals surface area contributed by atoms with Crippen LogP contribution in [0.1, 0.15) is 60.3 Å². The van der Waals surface area contributed by atoms with Gasteiger partial charge in [-0.05, 0) is 25.7 Å². The summed E-state index contributed by atoms with van der Waals surface area (Å²) in [7, 11) is 0. The third-order valence-electron chi connectivity index (χ3n) is 4.57. The normalized spacial score (nSPS) is 30.2. The predicted octanol–water partition coefficient (Wildman–Crippen LogP) is 3.27. The van der Waals surface area contributed by atoms with Gasteiger partial charge in [0.1, 0.15) is 0 Å². The largest absolute Gasteiger partial charge is 0.311 e. The van der Waals surface area contributed by atoms with Gasteiger partial charge in [-0.25, -0.2) is 0 Å². The van der Waals surface area contributed by atoms with E-state index >= 15 is 0 Å². The molecule has 4 atom stereocenters. The van der Waals surface area contributed by atoms with Gasteiger partial charge in [-0.3, -0.25) is 4.90 Å². The smallest absolute Gasteiger partial charge is 0.0221 e. The van der Waals surface area contributed by atoms with Crippen molar-refractivity contribution in [2.45, 2.75) is 78.4 Å². The van der Waals surface area contributed by atoms with E-state index in [1.54, 1.807) is 0 Å². The minimum Gasteiger partial charge on any atom is -0.311 e. The Morgan fingerprint density at radius 2 is 1.94 bits per heavy atom. The fourth-order valence-electron chi connectivity index (χ4n) is 3.01. The molecule has 17 heavy (non-hydrogen) atoms. The number of hydrogen-bond acceptors (Lipinski definition) is 2. The molecule has 1 fully saturated rings. The van der Waals surface area contributed by atoms with Crippen molar-refractivity contribution in [1.29, 1.82) is 0 Å². The van der Waals surface area contributed by atoms with E-state index in [1.807, 2.05) is 0 Å². The fraction of sp³-hybridized carbons (Fsp3) is 1.00. The summed E-state index contributed by atoms with van der Waals surface area (Å²) in [6.07, 6.45) is 5.19. The van der Waals surface area contributed by atoms with Gasteiger partial charge < -0.3 is 5.32 Å². The highest BCUT2D eigenvalue weighted by Crippen LogP contribution is 2.21. The lowest BCUT2D eigenvalue weighted by Crippen LogP contribution is -2.60. The molecule has 0 bridgehead atoms. The Balaban J connectivity index is 2.61. The van der Waals surface area contributed by atoms with Crippen LogP contribution in [0.5, 0.6) is 0 Å². The molecule has 1 heterocycles. The van der Waals surface area contributed by atoms with Crippen LogP contribution in [0, 0.1) is 5.92 Å². The van der Waals surface area contributed by atoms with E-state index in [-0.39, 0.29) is 0 Å². The number of nitrogens with one attached hydrogen (secondary N) is 1. The first-order chi connectivity index (χ1) is 8.13. The minimum atomic E-state index is 0.696. The van der Waals surface area contributed by atoms with Gasteiger partial charge >= 0.3 is 0 Å². The molecule has 1 saturated heterocycles. The molecule has 0 aromatic carbocycles. The zero-order chi connectivity index (χ0) is 12.8. The lowest BCUT2D eigenvalue weighted by molar-refractivity contribution is 0.0671. The van der Waals surface area contributed by atoms with Crippen LogP contribution < -0.4 is 5.32 Å². The SMILES string of the molecule is CCCC(C)N1CC(C(C)CC)NCC1CC. The molecule has 4 unspecified atom stereocenters. The molecule has 2 heteroatoms. The molecule has 0 saturated carbocycles. The van der Waals surface area contributed by atoms with Gasteiger partial charge in [-0.2, -0.15) is 0 Å². The van der Waals surface area contributed by atoms with E-state index in [1.165, 1.54) is 38.8 Å². The summed E-state index contributed by atoms with van der Waals surface area (Å²) in [6.45, 7) is 14.1. The molecule has 0 aromatic rings. The first-order valence-corrected chi connectivity index (χ1v) is 7.63. The molecule has 102 valence electrons. The monoisotopic (exact) mass is 240 g/mol. The van der Waals surface area contributed by atoms with Crippen LogP contribution in [-0.4, -0.2) is 36.1 Å². The Kier molecular flexibility index (Phi) is 6.50. The number of hydrogen-bond donors (Lipinski definition) is 1. The Bertz CT molecular complexity index is 205. The Hall–Kier alpha value is -0.0800. The lowest BCUT2D eigenvalue weighted by Gasteiger charge is -2.45. The molecule has 1 aliphatic heterocycles. The maximum absolute atomic E-state index is 3.76. The van der Waals surface area contributed by atoms with Crippen molar-refractivity contribution in [3.05, 3.63) is 0 Å². The van der Waals surface area contributed by atoms with Gasteiger partial charge in [0.2, 0.25) is 0 Å². The van der Waals surface area contributed by atoms with Gasteiger partial charge in [0.15, 0.2) is 0 Å². The van der Waals surface area contributed by atoms with Crippen molar-refractivity contribution in [3.8, 4) is 0 Å². The molecule has 0 radical (unpaired) electrons. The summed E-state index contributed by atoms with van der Waals surface area (Å²) >= 11 is 0. The van der Waals surface area contributed by atoms with Crippen molar-refractivity contribution in [3.63, 3.8) is 0 Å².